The van der Waals surface area contributed by atoms with Crippen molar-refractivity contribution in [3.05, 3.63) is 66.1 Å². The molecule has 8 heteroatoms. The van der Waals surface area contributed by atoms with E-state index in [9.17, 15) is 0 Å². The zero-order chi connectivity index (χ0) is 27.1. The van der Waals surface area contributed by atoms with Crippen molar-refractivity contribution in [1.29, 1.82) is 0 Å². The number of fused-ring (bicyclic) bond motifs is 2. The molecule has 2 N–H and O–H groups in total. The van der Waals surface area contributed by atoms with Gasteiger partial charge in [-0.1, -0.05) is 31.6 Å². The van der Waals surface area contributed by atoms with Crippen molar-refractivity contribution in [2.75, 3.05) is 38.1 Å². The third-order valence-corrected chi connectivity index (χ3v) is 8.42. The fourth-order valence-corrected chi connectivity index (χ4v) is 6.10. The Hall–Kier alpha value is -3.91. The van der Waals surface area contributed by atoms with Crippen LogP contribution in [0.15, 0.2) is 60.4 Å². The minimum Gasteiger partial charge on any atom is -0.490 e. The van der Waals surface area contributed by atoms with Gasteiger partial charge in [0.25, 0.3) is 0 Å². The monoisotopic (exact) mass is 535 g/mol. The topological polar surface area (TPSA) is 86.0 Å². The Morgan fingerprint density at radius 2 is 1.77 bits per heavy atom. The number of H-pyrrole nitrogens is 2. The molecule has 2 aliphatic carbocycles. The number of aromatic amines is 2. The summed E-state index contributed by atoms with van der Waals surface area (Å²) in [6.45, 7) is 6.29. The fraction of sp³-hybridized carbons (Fsp3) is 0.406. The van der Waals surface area contributed by atoms with Crippen LogP contribution in [0.4, 0.5) is 5.69 Å². The van der Waals surface area contributed by atoms with Gasteiger partial charge in [-0.15, -0.1) is 0 Å². The number of nitrogens with zero attached hydrogens (tertiary/aromatic N) is 5. The number of anilines is 1. The zero-order valence-electron chi connectivity index (χ0n) is 23.4. The Bertz CT molecular complexity index is 1610. The van der Waals surface area contributed by atoms with Crippen LogP contribution in [0.5, 0.6) is 0 Å². The van der Waals surface area contributed by atoms with E-state index >= 15 is 0 Å². The molecular formula is C32H37N7O. The number of likely N-dealkylation sites (N-methyl/N-ethyl adjacent to an activating group) is 1. The lowest BCUT2D eigenvalue weighted by molar-refractivity contribution is 0.0902. The molecule has 0 bridgehead atoms. The molecule has 3 aliphatic rings. The molecular weight excluding hydrogens is 498 g/mol. The molecule has 4 aromatic rings. The molecule has 0 spiro atoms. The average Bonchev–Trinajstić information content (AvgIpc) is 3.55. The van der Waals surface area contributed by atoms with E-state index in [1.54, 1.807) is 0 Å². The third-order valence-electron chi connectivity index (χ3n) is 8.42. The highest BCUT2D eigenvalue weighted by atomic mass is 16.5. The van der Waals surface area contributed by atoms with E-state index in [4.69, 9.17) is 14.7 Å². The van der Waals surface area contributed by atoms with Gasteiger partial charge in [0, 0.05) is 31.8 Å². The number of allylic oxidation sites excluding steroid dienone is 5. The normalized spacial score (nSPS) is 21.1. The number of aromatic nitrogens is 5. The van der Waals surface area contributed by atoms with Gasteiger partial charge >= 0.3 is 0 Å². The lowest BCUT2D eigenvalue weighted by Gasteiger charge is -2.34. The van der Waals surface area contributed by atoms with Crippen LogP contribution in [-0.4, -0.2) is 69.4 Å². The van der Waals surface area contributed by atoms with E-state index in [-0.39, 0.29) is 5.92 Å². The Morgan fingerprint density at radius 3 is 2.62 bits per heavy atom. The summed E-state index contributed by atoms with van der Waals surface area (Å²) in [5, 5.41) is 7.82. The molecule has 1 aromatic carbocycles. The molecule has 1 saturated heterocycles. The van der Waals surface area contributed by atoms with Crippen LogP contribution in [0, 0.1) is 5.92 Å². The summed E-state index contributed by atoms with van der Waals surface area (Å²) in [4.78, 5) is 18.5. The first-order valence-corrected chi connectivity index (χ1v) is 14.7. The van der Waals surface area contributed by atoms with Crippen molar-refractivity contribution in [3.63, 3.8) is 0 Å². The molecule has 2 fully saturated rings. The van der Waals surface area contributed by atoms with Crippen molar-refractivity contribution in [2.24, 2.45) is 5.92 Å². The highest BCUT2D eigenvalue weighted by molar-refractivity contribution is 5.95. The van der Waals surface area contributed by atoms with Gasteiger partial charge in [-0.25, -0.2) is 9.97 Å². The lowest BCUT2D eigenvalue weighted by atomic mass is 9.98. The van der Waals surface area contributed by atoms with E-state index in [1.165, 1.54) is 24.9 Å². The number of piperazine rings is 1. The van der Waals surface area contributed by atoms with E-state index in [2.05, 4.69) is 93.6 Å². The van der Waals surface area contributed by atoms with Gasteiger partial charge in [0.05, 0.1) is 28.5 Å². The number of para-hydroxylation sites is 1. The van der Waals surface area contributed by atoms with Crippen LogP contribution in [0.1, 0.15) is 44.7 Å². The Balaban J connectivity index is 1.23. The third kappa shape index (κ3) is 4.92. The number of ether oxygens (including phenoxy) is 1. The fourth-order valence-electron chi connectivity index (χ4n) is 6.10. The van der Waals surface area contributed by atoms with E-state index in [1.807, 2.05) is 0 Å². The predicted molar refractivity (Wildman–Crippen MR) is 161 cm³/mol. The number of hydrogen-bond donors (Lipinski definition) is 2. The van der Waals surface area contributed by atoms with E-state index < -0.39 is 0 Å². The smallest absolute Gasteiger partial charge is 0.161 e. The first-order valence-electron chi connectivity index (χ1n) is 14.7. The molecule has 4 heterocycles. The molecule has 1 saturated carbocycles. The molecule has 8 nitrogen and oxygen atoms in total. The second kappa shape index (κ2) is 10.6. The maximum atomic E-state index is 6.44. The predicted octanol–water partition coefficient (Wildman–Crippen LogP) is 6.08. The van der Waals surface area contributed by atoms with Crippen molar-refractivity contribution < 1.29 is 4.74 Å². The molecule has 3 aromatic heterocycles. The average molecular weight is 536 g/mol. The molecule has 206 valence electrons. The van der Waals surface area contributed by atoms with Crippen LogP contribution in [0.25, 0.3) is 39.2 Å². The molecule has 1 atom stereocenters. The van der Waals surface area contributed by atoms with E-state index in [0.29, 0.717) is 6.10 Å². The van der Waals surface area contributed by atoms with Crippen LogP contribution < -0.4 is 4.90 Å². The molecule has 0 unspecified atom stereocenters. The zero-order valence-corrected chi connectivity index (χ0v) is 23.4. The summed E-state index contributed by atoms with van der Waals surface area (Å²) in [5.41, 5.74) is 7.57. The highest BCUT2D eigenvalue weighted by Gasteiger charge is 2.21. The standard InChI is InChI=1S/C32H37N7O/c1-21-11-12-24(40-23-7-4-3-5-8-23)20-22(19-21)25-13-14-27-30(33-25)31(37-36-27)32-34-26-9-6-10-28(29(26)35-32)39-17-15-38(2)16-18-39/h6,9-14,19-21,23H,3-5,7-8,15-18H2,1-2H3,(H,34,35)(H,36,37)/t21-/m0/s1. The largest absolute Gasteiger partial charge is 0.490 e. The number of nitrogens with one attached hydrogen (secondary N) is 2. The lowest BCUT2D eigenvalue weighted by Crippen LogP contribution is -2.44. The van der Waals surface area contributed by atoms with E-state index in [0.717, 1.165) is 89.6 Å². The second-order valence-corrected chi connectivity index (χ2v) is 11.5. The highest BCUT2D eigenvalue weighted by Crippen LogP contribution is 2.32. The van der Waals surface area contributed by atoms with Gasteiger partial charge in [0.2, 0.25) is 0 Å². The number of rotatable bonds is 5. The quantitative estimate of drug-likeness (QED) is 0.322. The summed E-state index contributed by atoms with van der Waals surface area (Å²) >= 11 is 0. The maximum Gasteiger partial charge on any atom is 0.161 e. The first-order chi connectivity index (χ1) is 19.6. The van der Waals surface area contributed by atoms with Crippen molar-refractivity contribution in [3.8, 4) is 11.5 Å². The molecule has 7 rings (SSSR count). The Morgan fingerprint density at radius 1 is 0.925 bits per heavy atom. The SMILES string of the molecule is C[C@H]1C=CC(OC2CCCCC2)=CC(c2ccc3[nH]nc(-c4nc5c(N6CCN(C)CC6)cccc5[nH]4)c3n2)=C1. The molecule has 1 aliphatic heterocycles. The maximum absolute atomic E-state index is 6.44. The van der Waals surface area contributed by atoms with Gasteiger partial charge in [-0.2, -0.15) is 5.10 Å². The summed E-state index contributed by atoms with van der Waals surface area (Å²) in [6, 6.07) is 10.5. The molecule has 40 heavy (non-hydrogen) atoms. The minimum absolute atomic E-state index is 0.281. The van der Waals surface area contributed by atoms with Crippen LogP contribution in [0.2, 0.25) is 0 Å². The second-order valence-electron chi connectivity index (χ2n) is 11.5. The summed E-state index contributed by atoms with van der Waals surface area (Å²) in [7, 11) is 2.18. The van der Waals surface area contributed by atoms with Gasteiger partial charge in [0.15, 0.2) is 11.5 Å². The first kappa shape index (κ1) is 25.1. The minimum atomic E-state index is 0.281. The van der Waals surface area contributed by atoms with Crippen molar-refractivity contribution in [1.82, 2.24) is 30.0 Å². The number of imidazole rings is 1. The number of hydrogen-bond acceptors (Lipinski definition) is 6. The summed E-state index contributed by atoms with van der Waals surface area (Å²) in [5.74, 6) is 1.93. The van der Waals surface area contributed by atoms with Gasteiger partial charge in [-0.05, 0) is 75.1 Å². The summed E-state index contributed by atoms with van der Waals surface area (Å²) < 4.78 is 6.44. The van der Waals surface area contributed by atoms with Crippen LogP contribution in [-0.2, 0) is 4.74 Å². The summed E-state index contributed by atoms with van der Waals surface area (Å²) in [6.07, 6.45) is 15.1. The Kier molecular flexibility index (Phi) is 6.63. The number of pyridine rings is 1. The van der Waals surface area contributed by atoms with Crippen LogP contribution in [0.3, 0.4) is 0 Å². The van der Waals surface area contributed by atoms with Gasteiger partial charge in [0.1, 0.15) is 16.8 Å². The van der Waals surface area contributed by atoms with Crippen molar-refractivity contribution in [2.45, 2.75) is 45.1 Å². The Labute approximate surface area is 234 Å². The van der Waals surface area contributed by atoms with Crippen molar-refractivity contribution >= 4 is 33.3 Å². The van der Waals surface area contributed by atoms with Crippen LogP contribution >= 0.6 is 0 Å². The van der Waals surface area contributed by atoms with Gasteiger partial charge in [-0.3, -0.25) is 5.10 Å². The van der Waals surface area contributed by atoms with Gasteiger partial charge < -0.3 is 19.5 Å². The number of benzene rings is 1. The molecule has 0 amide bonds. The molecule has 0 radical (unpaired) electrons.